The van der Waals surface area contributed by atoms with E-state index in [0.29, 0.717) is 18.0 Å². The molecule has 0 radical (unpaired) electrons. The molecule has 112 valence electrons. The van der Waals surface area contributed by atoms with E-state index in [2.05, 4.69) is 10.3 Å². The van der Waals surface area contributed by atoms with Gasteiger partial charge in [0.25, 0.3) is 0 Å². The Hall–Kier alpha value is -1.53. The molecule has 2 rings (SSSR count). The van der Waals surface area contributed by atoms with Crippen molar-refractivity contribution in [2.24, 2.45) is 0 Å². The van der Waals surface area contributed by atoms with Crippen molar-refractivity contribution in [1.29, 1.82) is 0 Å². The Morgan fingerprint density at radius 1 is 1.29 bits per heavy atom. The second kappa shape index (κ2) is 6.95. The van der Waals surface area contributed by atoms with E-state index in [-0.39, 0.29) is 22.9 Å². The molecule has 0 fully saturated rings. The van der Waals surface area contributed by atoms with Gasteiger partial charge in [0.15, 0.2) is 16.8 Å². The summed E-state index contributed by atoms with van der Waals surface area (Å²) in [4.78, 5) is 15.1. The maximum absolute atomic E-state index is 13.8. The predicted molar refractivity (Wildman–Crippen MR) is 79.7 cm³/mol. The minimum absolute atomic E-state index is 0.0603. The van der Waals surface area contributed by atoms with Crippen LogP contribution in [-0.2, 0) is 23.5 Å². The molecule has 0 unspecified atom stereocenters. The Morgan fingerprint density at radius 2 is 1.95 bits per heavy atom. The minimum Gasteiger partial charge on any atom is -0.302 e. The molecule has 0 aliphatic heterocycles. The van der Waals surface area contributed by atoms with Crippen molar-refractivity contribution in [3.63, 3.8) is 0 Å². The van der Waals surface area contributed by atoms with Crippen molar-refractivity contribution in [3.8, 4) is 0 Å². The summed E-state index contributed by atoms with van der Waals surface area (Å²) in [5, 5.41) is 4.86. The van der Waals surface area contributed by atoms with E-state index >= 15 is 0 Å². The molecule has 0 bridgehead atoms. The number of aromatic nitrogens is 1. The van der Waals surface area contributed by atoms with Crippen molar-refractivity contribution in [2.45, 2.75) is 25.6 Å². The Morgan fingerprint density at radius 3 is 2.62 bits per heavy atom. The Bertz CT molecular complexity index is 660. The standard InChI is InChI=1S/C14H13ClF2N2OS/c1-8(20)18-14-19-11(7-21-14)5-4-9-2-3-10(6-15)13(17)12(9)16/h2-3,7H,4-6H2,1H3,(H,18,19,20). The molecule has 1 heterocycles. The van der Waals surface area contributed by atoms with Crippen molar-refractivity contribution < 1.29 is 13.6 Å². The highest BCUT2D eigenvalue weighted by Gasteiger charge is 2.13. The van der Waals surface area contributed by atoms with Crippen molar-refractivity contribution in [2.75, 3.05) is 5.32 Å². The summed E-state index contributed by atoms with van der Waals surface area (Å²) in [6.45, 7) is 1.40. The quantitative estimate of drug-likeness (QED) is 0.845. The van der Waals surface area contributed by atoms with Crippen LogP contribution < -0.4 is 5.32 Å². The van der Waals surface area contributed by atoms with E-state index in [0.717, 1.165) is 5.69 Å². The summed E-state index contributed by atoms with van der Waals surface area (Å²) in [5.74, 6) is -2.00. The average molecular weight is 331 g/mol. The fraction of sp³-hybridized carbons (Fsp3) is 0.286. The Labute approximate surface area is 130 Å². The zero-order valence-electron chi connectivity index (χ0n) is 11.3. The van der Waals surface area contributed by atoms with Gasteiger partial charge in [-0.1, -0.05) is 12.1 Å². The number of carbonyl (C=O) groups excluding carboxylic acids is 1. The first kappa shape index (κ1) is 15.9. The van der Waals surface area contributed by atoms with Gasteiger partial charge in [-0.2, -0.15) is 0 Å². The van der Waals surface area contributed by atoms with Crippen LogP contribution in [0.5, 0.6) is 0 Å². The molecule has 1 aromatic carbocycles. The lowest BCUT2D eigenvalue weighted by molar-refractivity contribution is -0.114. The smallest absolute Gasteiger partial charge is 0.223 e. The van der Waals surface area contributed by atoms with Crippen LogP contribution >= 0.6 is 22.9 Å². The Kier molecular flexibility index (Phi) is 5.25. The average Bonchev–Trinajstić information content (AvgIpc) is 2.87. The summed E-state index contributed by atoms with van der Waals surface area (Å²) < 4.78 is 27.4. The number of anilines is 1. The zero-order chi connectivity index (χ0) is 15.4. The number of amides is 1. The van der Waals surface area contributed by atoms with E-state index in [4.69, 9.17) is 11.6 Å². The number of rotatable bonds is 5. The molecule has 0 atom stereocenters. The van der Waals surface area contributed by atoms with Crippen LogP contribution in [0.3, 0.4) is 0 Å². The first-order chi connectivity index (χ1) is 10.0. The highest BCUT2D eigenvalue weighted by atomic mass is 35.5. The third kappa shape index (κ3) is 3.98. The SMILES string of the molecule is CC(=O)Nc1nc(CCc2ccc(CCl)c(F)c2F)cs1. The van der Waals surface area contributed by atoms with Crippen LogP contribution in [-0.4, -0.2) is 10.9 Å². The van der Waals surface area contributed by atoms with Crippen LogP contribution in [0.15, 0.2) is 17.5 Å². The molecule has 7 heteroatoms. The van der Waals surface area contributed by atoms with Crippen LogP contribution in [0.2, 0.25) is 0 Å². The van der Waals surface area contributed by atoms with E-state index < -0.39 is 11.6 Å². The van der Waals surface area contributed by atoms with E-state index in [1.54, 1.807) is 5.38 Å². The summed E-state index contributed by atoms with van der Waals surface area (Å²) in [6, 6.07) is 3.03. The Balaban J connectivity index is 2.04. The molecule has 0 spiro atoms. The topological polar surface area (TPSA) is 42.0 Å². The first-order valence-corrected chi connectivity index (χ1v) is 7.66. The van der Waals surface area contributed by atoms with Gasteiger partial charge in [0.2, 0.25) is 5.91 Å². The van der Waals surface area contributed by atoms with Crippen molar-refractivity contribution in [3.05, 3.63) is 46.0 Å². The number of aryl methyl sites for hydroxylation is 2. The van der Waals surface area contributed by atoms with E-state index in [1.807, 2.05) is 0 Å². The fourth-order valence-electron chi connectivity index (χ4n) is 1.82. The van der Waals surface area contributed by atoms with Crippen LogP contribution in [0.1, 0.15) is 23.7 Å². The highest BCUT2D eigenvalue weighted by Crippen LogP contribution is 2.21. The van der Waals surface area contributed by atoms with Crippen LogP contribution in [0.25, 0.3) is 0 Å². The maximum atomic E-state index is 13.8. The van der Waals surface area contributed by atoms with Gasteiger partial charge < -0.3 is 5.32 Å². The van der Waals surface area contributed by atoms with Crippen molar-refractivity contribution in [1.82, 2.24) is 4.98 Å². The fourth-order valence-corrected chi connectivity index (χ4v) is 2.82. The van der Waals surface area contributed by atoms with E-state index in [1.165, 1.54) is 30.4 Å². The number of thiazole rings is 1. The third-order valence-electron chi connectivity index (χ3n) is 2.87. The maximum Gasteiger partial charge on any atom is 0.223 e. The molecule has 2 aromatic rings. The highest BCUT2D eigenvalue weighted by molar-refractivity contribution is 7.13. The summed E-state index contributed by atoms with van der Waals surface area (Å²) in [6.07, 6.45) is 0.793. The van der Waals surface area contributed by atoms with Gasteiger partial charge in [0.05, 0.1) is 11.6 Å². The van der Waals surface area contributed by atoms with Gasteiger partial charge in [0, 0.05) is 17.9 Å². The predicted octanol–water partition coefficient (Wildman–Crippen LogP) is 3.90. The van der Waals surface area contributed by atoms with Gasteiger partial charge in [0.1, 0.15) is 0 Å². The molecule has 1 N–H and O–H groups in total. The number of alkyl halides is 1. The molecule has 3 nitrogen and oxygen atoms in total. The number of benzene rings is 1. The van der Waals surface area contributed by atoms with Crippen LogP contribution in [0, 0.1) is 11.6 Å². The normalized spacial score (nSPS) is 10.7. The van der Waals surface area contributed by atoms with Gasteiger partial charge in [-0.25, -0.2) is 13.8 Å². The number of carbonyl (C=O) groups is 1. The number of hydrogen-bond acceptors (Lipinski definition) is 3. The molecule has 1 aromatic heterocycles. The monoisotopic (exact) mass is 330 g/mol. The molecule has 0 aliphatic rings. The van der Waals surface area contributed by atoms with E-state index in [9.17, 15) is 13.6 Å². The largest absolute Gasteiger partial charge is 0.302 e. The first-order valence-electron chi connectivity index (χ1n) is 6.25. The van der Waals surface area contributed by atoms with Gasteiger partial charge in [-0.05, 0) is 18.4 Å². The van der Waals surface area contributed by atoms with Gasteiger partial charge in [-0.3, -0.25) is 4.79 Å². The number of nitrogens with one attached hydrogen (secondary N) is 1. The molecular weight excluding hydrogens is 318 g/mol. The molecule has 0 saturated heterocycles. The number of halogens is 3. The lowest BCUT2D eigenvalue weighted by Gasteiger charge is -2.06. The summed E-state index contributed by atoms with van der Waals surface area (Å²) in [7, 11) is 0. The second-order valence-electron chi connectivity index (χ2n) is 4.47. The molecule has 0 saturated carbocycles. The zero-order valence-corrected chi connectivity index (χ0v) is 12.8. The van der Waals surface area contributed by atoms with Crippen LogP contribution in [0.4, 0.5) is 13.9 Å². The number of hydrogen-bond donors (Lipinski definition) is 1. The molecular formula is C14H13ClF2N2OS. The minimum atomic E-state index is -0.889. The van der Waals surface area contributed by atoms with Gasteiger partial charge in [-0.15, -0.1) is 22.9 Å². The summed E-state index contributed by atoms with van der Waals surface area (Å²) >= 11 is 6.82. The van der Waals surface area contributed by atoms with Gasteiger partial charge >= 0.3 is 0 Å². The van der Waals surface area contributed by atoms with Crippen molar-refractivity contribution >= 4 is 34.0 Å². The number of nitrogens with zero attached hydrogens (tertiary/aromatic N) is 1. The lowest BCUT2D eigenvalue weighted by atomic mass is 10.1. The summed E-state index contributed by atoms with van der Waals surface area (Å²) in [5.41, 5.74) is 1.17. The third-order valence-corrected chi connectivity index (χ3v) is 3.97. The second-order valence-corrected chi connectivity index (χ2v) is 5.60. The molecule has 0 aliphatic carbocycles. The lowest BCUT2D eigenvalue weighted by Crippen LogP contribution is -2.05. The molecule has 1 amide bonds. The molecule has 21 heavy (non-hydrogen) atoms.